The maximum absolute atomic E-state index is 9.03. The molecule has 0 aliphatic carbocycles. The van der Waals surface area contributed by atoms with E-state index in [1.54, 1.807) is 0 Å². The summed E-state index contributed by atoms with van der Waals surface area (Å²) in [6.07, 6.45) is 0. The molecule has 0 saturated heterocycles. The minimum absolute atomic E-state index is 0.0716. The van der Waals surface area contributed by atoms with Crippen molar-refractivity contribution >= 4 is 0 Å². The lowest BCUT2D eigenvalue weighted by molar-refractivity contribution is 0.261. The van der Waals surface area contributed by atoms with Crippen molar-refractivity contribution in [1.29, 1.82) is 0 Å². The van der Waals surface area contributed by atoms with Gasteiger partial charge in [0.2, 0.25) is 0 Å². The Morgan fingerprint density at radius 1 is 1.15 bits per heavy atom. The van der Waals surface area contributed by atoms with E-state index in [2.05, 4.69) is 0 Å². The summed E-state index contributed by atoms with van der Waals surface area (Å²) >= 11 is 0. The van der Waals surface area contributed by atoms with Gasteiger partial charge in [-0.1, -0.05) is 17.7 Å². The molecule has 0 atom stereocenters. The first-order chi connectivity index (χ1) is 6.22. The summed E-state index contributed by atoms with van der Waals surface area (Å²) in [4.78, 5) is 0. The lowest BCUT2D eigenvalue weighted by Gasteiger charge is -2.11. The van der Waals surface area contributed by atoms with E-state index in [1.807, 2.05) is 19.1 Å². The predicted octanol–water partition coefficient (Wildman–Crippen LogP) is 0.988. The molecule has 0 bridgehead atoms. The highest BCUT2D eigenvalue weighted by molar-refractivity contribution is 5.43. The third kappa shape index (κ3) is 1.99. The molecule has 3 heteroatoms. The van der Waals surface area contributed by atoms with Crippen LogP contribution in [0.25, 0.3) is 0 Å². The molecule has 0 radical (unpaired) electrons. The normalized spacial score (nSPS) is 10.2. The molecule has 0 heterocycles. The average molecular weight is 182 g/mol. The highest BCUT2D eigenvalue weighted by Gasteiger charge is 2.08. The Morgan fingerprint density at radius 3 is 1.92 bits per heavy atom. The lowest BCUT2D eigenvalue weighted by Crippen LogP contribution is -1.98. The van der Waals surface area contributed by atoms with Crippen molar-refractivity contribution in [2.75, 3.05) is 7.11 Å². The van der Waals surface area contributed by atoms with Gasteiger partial charge >= 0.3 is 0 Å². The maximum Gasteiger partial charge on any atom is 0.129 e. The molecule has 0 fully saturated rings. The maximum atomic E-state index is 9.03. The van der Waals surface area contributed by atoms with Gasteiger partial charge in [-0.2, -0.15) is 0 Å². The molecule has 0 aromatic heterocycles. The summed E-state index contributed by atoms with van der Waals surface area (Å²) < 4.78 is 5.09. The van der Waals surface area contributed by atoms with Crippen LogP contribution in [0.3, 0.4) is 0 Å². The number of aryl methyl sites for hydroxylation is 1. The molecule has 0 aliphatic rings. The number of benzene rings is 1. The molecule has 1 rings (SSSR count). The molecule has 0 saturated carbocycles. The molecule has 0 amide bonds. The fraction of sp³-hybridized carbons (Fsp3) is 0.400. The van der Waals surface area contributed by atoms with Crippen molar-refractivity contribution in [2.45, 2.75) is 20.1 Å². The van der Waals surface area contributed by atoms with Gasteiger partial charge < -0.3 is 14.9 Å². The molecule has 0 aliphatic heterocycles. The lowest BCUT2D eigenvalue weighted by atomic mass is 10.1. The topological polar surface area (TPSA) is 49.7 Å². The summed E-state index contributed by atoms with van der Waals surface area (Å²) in [5.41, 5.74) is 2.44. The summed E-state index contributed by atoms with van der Waals surface area (Å²) in [6, 6.07) is 3.69. The van der Waals surface area contributed by atoms with Crippen molar-refractivity contribution in [2.24, 2.45) is 0 Å². The van der Waals surface area contributed by atoms with E-state index in [4.69, 9.17) is 14.9 Å². The van der Waals surface area contributed by atoms with Crippen LogP contribution in [0.15, 0.2) is 12.1 Å². The van der Waals surface area contributed by atoms with Crippen LogP contribution in [0.5, 0.6) is 5.75 Å². The molecular formula is C10H14O3. The highest BCUT2D eigenvalue weighted by atomic mass is 16.5. The second kappa shape index (κ2) is 4.25. The fourth-order valence-corrected chi connectivity index (χ4v) is 1.43. The first-order valence-corrected chi connectivity index (χ1v) is 4.11. The van der Waals surface area contributed by atoms with Gasteiger partial charge in [0.05, 0.1) is 20.3 Å². The first-order valence-electron chi connectivity index (χ1n) is 4.11. The van der Waals surface area contributed by atoms with Crippen LogP contribution in [-0.4, -0.2) is 17.3 Å². The molecule has 0 spiro atoms. The summed E-state index contributed by atoms with van der Waals surface area (Å²) in [5.74, 6) is 0.579. The van der Waals surface area contributed by atoms with Crippen LogP contribution >= 0.6 is 0 Å². The molecule has 72 valence electrons. The average Bonchev–Trinajstić information content (AvgIpc) is 2.16. The van der Waals surface area contributed by atoms with Crippen LogP contribution < -0.4 is 4.74 Å². The van der Waals surface area contributed by atoms with Crippen molar-refractivity contribution in [3.05, 3.63) is 28.8 Å². The van der Waals surface area contributed by atoms with Gasteiger partial charge in [0.1, 0.15) is 5.75 Å². The van der Waals surface area contributed by atoms with Crippen molar-refractivity contribution in [1.82, 2.24) is 0 Å². The Labute approximate surface area is 77.6 Å². The third-order valence-electron chi connectivity index (χ3n) is 1.93. The number of hydrogen-bond donors (Lipinski definition) is 2. The zero-order valence-electron chi connectivity index (χ0n) is 7.87. The van der Waals surface area contributed by atoms with Crippen LogP contribution in [0, 0.1) is 6.92 Å². The number of hydrogen-bond acceptors (Lipinski definition) is 3. The van der Waals surface area contributed by atoms with E-state index in [0.717, 1.165) is 5.56 Å². The Hall–Kier alpha value is -1.06. The predicted molar refractivity (Wildman–Crippen MR) is 49.6 cm³/mol. The van der Waals surface area contributed by atoms with E-state index in [-0.39, 0.29) is 13.2 Å². The van der Waals surface area contributed by atoms with Gasteiger partial charge in [-0.15, -0.1) is 0 Å². The summed E-state index contributed by atoms with van der Waals surface area (Å²) in [6.45, 7) is 1.77. The minimum atomic E-state index is -0.0716. The zero-order chi connectivity index (χ0) is 9.84. The zero-order valence-corrected chi connectivity index (χ0v) is 7.87. The number of aliphatic hydroxyl groups excluding tert-OH is 2. The first kappa shape index (κ1) is 10.0. The molecular weight excluding hydrogens is 168 g/mol. The smallest absolute Gasteiger partial charge is 0.129 e. The van der Waals surface area contributed by atoms with Gasteiger partial charge in [-0.25, -0.2) is 0 Å². The van der Waals surface area contributed by atoms with Crippen LogP contribution in [0.1, 0.15) is 16.7 Å². The minimum Gasteiger partial charge on any atom is -0.496 e. The Balaban J connectivity index is 3.25. The SMILES string of the molecule is COc1c(CO)cc(C)cc1CO. The Morgan fingerprint density at radius 2 is 1.62 bits per heavy atom. The highest BCUT2D eigenvalue weighted by Crippen LogP contribution is 2.25. The third-order valence-corrected chi connectivity index (χ3v) is 1.93. The standard InChI is InChI=1S/C10H14O3/c1-7-3-8(5-11)10(13-2)9(4-7)6-12/h3-4,11-12H,5-6H2,1-2H3. The van der Waals surface area contributed by atoms with Crippen LogP contribution in [0.2, 0.25) is 0 Å². The van der Waals surface area contributed by atoms with E-state index in [1.165, 1.54) is 7.11 Å². The quantitative estimate of drug-likeness (QED) is 0.732. The number of methoxy groups -OCH3 is 1. The van der Waals surface area contributed by atoms with Crippen molar-refractivity contribution < 1.29 is 14.9 Å². The molecule has 0 unspecified atom stereocenters. The Kier molecular flexibility index (Phi) is 3.28. The number of aliphatic hydroxyl groups is 2. The van der Waals surface area contributed by atoms with Crippen molar-refractivity contribution in [3.8, 4) is 5.75 Å². The molecule has 1 aromatic rings. The van der Waals surface area contributed by atoms with E-state index < -0.39 is 0 Å². The van der Waals surface area contributed by atoms with E-state index >= 15 is 0 Å². The summed E-state index contributed by atoms with van der Waals surface area (Å²) in [5, 5.41) is 18.1. The van der Waals surface area contributed by atoms with Crippen LogP contribution in [-0.2, 0) is 13.2 Å². The molecule has 13 heavy (non-hydrogen) atoms. The van der Waals surface area contributed by atoms with E-state index in [9.17, 15) is 0 Å². The van der Waals surface area contributed by atoms with E-state index in [0.29, 0.717) is 16.9 Å². The molecule has 3 nitrogen and oxygen atoms in total. The Bertz CT molecular complexity index is 269. The number of ether oxygens (including phenoxy) is 1. The number of rotatable bonds is 3. The largest absolute Gasteiger partial charge is 0.496 e. The summed E-state index contributed by atoms with van der Waals surface area (Å²) in [7, 11) is 1.53. The second-order valence-electron chi connectivity index (χ2n) is 2.93. The van der Waals surface area contributed by atoms with Gasteiger partial charge in [0.15, 0.2) is 0 Å². The van der Waals surface area contributed by atoms with Gasteiger partial charge in [0, 0.05) is 11.1 Å². The monoisotopic (exact) mass is 182 g/mol. The van der Waals surface area contributed by atoms with Gasteiger partial charge in [-0.3, -0.25) is 0 Å². The molecule has 2 N–H and O–H groups in total. The second-order valence-corrected chi connectivity index (χ2v) is 2.93. The fourth-order valence-electron chi connectivity index (χ4n) is 1.43. The molecule has 1 aromatic carbocycles. The van der Waals surface area contributed by atoms with Gasteiger partial charge in [-0.05, 0) is 6.92 Å². The van der Waals surface area contributed by atoms with Crippen molar-refractivity contribution in [3.63, 3.8) is 0 Å². The van der Waals surface area contributed by atoms with Crippen LogP contribution in [0.4, 0.5) is 0 Å². The van der Waals surface area contributed by atoms with Gasteiger partial charge in [0.25, 0.3) is 0 Å².